The van der Waals surface area contributed by atoms with Crippen LogP contribution in [0.4, 0.5) is 5.69 Å². The summed E-state index contributed by atoms with van der Waals surface area (Å²) in [5.41, 5.74) is 1.53. The molecule has 1 unspecified atom stereocenters. The van der Waals surface area contributed by atoms with E-state index < -0.39 is 23.4 Å². The van der Waals surface area contributed by atoms with Gasteiger partial charge < -0.3 is 9.84 Å². The molecule has 0 radical (unpaired) electrons. The Balaban J connectivity index is 1.76. The molecule has 1 aromatic heterocycles. The number of rotatable bonds is 8. The average Bonchev–Trinajstić information content (AvgIpc) is 2.75. The predicted molar refractivity (Wildman–Crippen MR) is 132 cm³/mol. The van der Waals surface area contributed by atoms with Crippen molar-refractivity contribution in [3.63, 3.8) is 0 Å². The summed E-state index contributed by atoms with van der Waals surface area (Å²) in [4.78, 5) is 44.8. The first-order chi connectivity index (χ1) is 16.7. The highest BCUT2D eigenvalue weighted by atomic mass is 16.5. The number of nitrogens with one attached hydrogen (secondary N) is 1. The molecule has 2 aliphatic carbocycles. The van der Waals surface area contributed by atoms with Gasteiger partial charge in [0.2, 0.25) is 5.62 Å². The van der Waals surface area contributed by atoms with E-state index in [0.717, 1.165) is 40.7 Å². The third-order valence-corrected chi connectivity index (χ3v) is 6.57. The van der Waals surface area contributed by atoms with Crippen molar-refractivity contribution in [2.24, 2.45) is 10.9 Å². The Labute approximate surface area is 203 Å². The fourth-order valence-corrected chi connectivity index (χ4v) is 4.28. The number of aryl methyl sites for hydroxylation is 1. The minimum Gasteiger partial charge on any atom is -0.490 e. The van der Waals surface area contributed by atoms with Crippen LogP contribution in [0.1, 0.15) is 57.6 Å². The van der Waals surface area contributed by atoms with Gasteiger partial charge in [0.15, 0.2) is 0 Å². The number of carboxylic acids is 1. The second-order valence-electron chi connectivity index (χ2n) is 9.50. The van der Waals surface area contributed by atoms with Crippen LogP contribution in [-0.4, -0.2) is 31.3 Å². The Morgan fingerprint density at radius 1 is 1.29 bits per heavy atom. The van der Waals surface area contributed by atoms with Gasteiger partial charge in [0.05, 0.1) is 24.3 Å². The lowest BCUT2D eigenvalue weighted by Gasteiger charge is -2.27. The summed E-state index contributed by atoms with van der Waals surface area (Å²) in [5.74, 6) is -0.235. The quantitative estimate of drug-likeness (QED) is 0.601. The van der Waals surface area contributed by atoms with E-state index in [1.165, 1.54) is 11.0 Å². The lowest BCUT2D eigenvalue weighted by molar-refractivity contribution is -0.137. The van der Waals surface area contributed by atoms with E-state index in [-0.39, 0.29) is 24.1 Å². The third kappa shape index (κ3) is 5.72. The number of carboxylic acid groups (broad SMARTS) is 1. The van der Waals surface area contributed by atoms with Crippen molar-refractivity contribution in [1.29, 1.82) is 0 Å². The maximum absolute atomic E-state index is 13.4. The molecule has 1 fully saturated rings. The van der Waals surface area contributed by atoms with Gasteiger partial charge in [-0.2, -0.15) is 0 Å². The highest BCUT2D eigenvalue weighted by Crippen LogP contribution is 2.29. The molecular weight excluding hydrogens is 448 g/mol. The zero-order valence-corrected chi connectivity index (χ0v) is 20.4. The number of hydrogen-bond acceptors (Lipinski definition) is 5. The Bertz CT molecular complexity index is 1360. The van der Waals surface area contributed by atoms with Crippen molar-refractivity contribution in [2.45, 2.75) is 71.6 Å². The predicted octanol–water partition coefficient (Wildman–Crippen LogP) is 3.37. The summed E-state index contributed by atoms with van der Waals surface area (Å²) in [5, 5.41) is 9.18. The van der Waals surface area contributed by atoms with E-state index in [9.17, 15) is 19.5 Å². The van der Waals surface area contributed by atoms with E-state index in [1.807, 2.05) is 38.1 Å². The van der Waals surface area contributed by atoms with Crippen molar-refractivity contribution >= 4 is 11.7 Å². The average molecular weight is 481 g/mol. The fraction of sp³-hybridized carbons (Fsp3) is 0.462. The van der Waals surface area contributed by atoms with Gasteiger partial charge in [0, 0.05) is 6.54 Å². The largest absolute Gasteiger partial charge is 0.490 e. The highest BCUT2D eigenvalue weighted by molar-refractivity contribution is 5.67. The number of aromatic amines is 1. The molecular formula is C26H32N4O5. The number of benzene rings is 1. The van der Waals surface area contributed by atoms with E-state index in [1.54, 1.807) is 13.0 Å². The topological polar surface area (TPSA) is 119 Å². The monoisotopic (exact) mass is 480 g/mol. The number of ether oxygens (including phenoxy) is 1. The first-order valence-corrected chi connectivity index (χ1v) is 12.1. The third-order valence-electron chi connectivity index (χ3n) is 6.57. The summed E-state index contributed by atoms with van der Waals surface area (Å²) in [6.45, 7) is 5.80. The van der Waals surface area contributed by atoms with Gasteiger partial charge in [-0.25, -0.2) is 19.1 Å². The zero-order chi connectivity index (χ0) is 25.1. The lowest BCUT2D eigenvalue weighted by Crippen LogP contribution is -2.51. The highest BCUT2D eigenvalue weighted by Gasteiger charge is 2.21. The molecule has 2 N–H and O–H groups in total. The van der Waals surface area contributed by atoms with Gasteiger partial charge in [-0.15, -0.1) is 0 Å². The van der Waals surface area contributed by atoms with Crippen LogP contribution in [0.5, 0.6) is 5.75 Å². The second-order valence-corrected chi connectivity index (χ2v) is 9.50. The number of aliphatic carboxylic acids is 1. The van der Waals surface area contributed by atoms with Crippen LogP contribution in [0.25, 0.3) is 0 Å². The molecule has 2 aromatic rings. The molecule has 0 amide bonds. The summed E-state index contributed by atoms with van der Waals surface area (Å²) < 4.78 is 8.40. The van der Waals surface area contributed by atoms with Crippen LogP contribution in [0.15, 0.2) is 56.6 Å². The van der Waals surface area contributed by atoms with Crippen molar-refractivity contribution in [3.05, 3.63) is 74.2 Å². The van der Waals surface area contributed by atoms with Crippen LogP contribution < -0.4 is 21.7 Å². The van der Waals surface area contributed by atoms with Crippen molar-refractivity contribution in [2.75, 3.05) is 0 Å². The Morgan fingerprint density at radius 3 is 2.66 bits per heavy atom. The molecule has 2 aliphatic rings. The van der Waals surface area contributed by atoms with Crippen LogP contribution in [-0.2, 0) is 11.3 Å². The smallest absolute Gasteiger partial charge is 0.335 e. The molecule has 0 spiro atoms. The molecule has 2 atom stereocenters. The SMILES string of the molecule is CC1=CCC(Cn2c(=O)n([C@@H](C)CC(=O)O)c(=O)[nH]/c2=N\c2ccc(OC3CCC3)c(C)c2)C=C1. The van der Waals surface area contributed by atoms with Crippen molar-refractivity contribution < 1.29 is 14.6 Å². The van der Waals surface area contributed by atoms with Gasteiger partial charge in [-0.05, 0) is 76.1 Å². The number of nitrogens with zero attached hydrogens (tertiary/aromatic N) is 3. The van der Waals surface area contributed by atoms with Gasteiger partial charge >= 0.3 is 17.3 Å². The van der Waals surface area contributed by atoms with Crippen LogP contribution in [0.2, 0.25) is 0 Å². The zero-order valence-electron chi connectivity index (χ0n) is 20.4. The van der Waals surface area contributed by atoms with Gasteiger partial charge in [-0.3, -0.25) is 14.3 Å². The molecule has 35 heavy (non-hydrogen) atoms. The summed E-state index contributed by atoms with van der Waals surface area (Å²) in [6.07, 6.45) is 10.1. The maximum atomic E-state index is 13.4. The number of aromatic nitrogens is 3. The van der Waals surface area contributed by atoms with Crippen molar-refractivity contribution in [3.8, 4) is 5.75 Å². The molecule has 9 heteroatoms. The number of H-pyrrole nitrogens is 1. The summed E-state index contributed by atoms with van der Waals surface area (Å²) >= 11 is 0. The van der Waals surface area contributed by atoms with Gasteiger partial charge in [0.25, 0.3) is 0 Å². The van der Waals surface area contributed by atoms with Gasteiger partial charge in [0.1, 0.15) is 5.75 Å². The second kappa shape index (κ2) is 10.3. The molecule has 1 heterocycles. The lowest BCUT2D eigenvalue weighted by atomic mass is 9.96. The van der Waals surface area contributed by atoms with E-state index >= 15 is 0 Å². The Kier molecular flexibility index (Phi) is 7.23. The summed E-state index contributed by atoms with van der Waals surface area (Å²) in [7, 11) is 0. The minimum atomic E-state index is -1.08. The molecule has 0 saturated heterocycles. The first kappa shape index (κ1) is 24.5. The molecule has 1 saturated carbocycles. The molecule has 0 bridgehead atoms. The fourth-order valence-electron chi connectivity index (χ4n) is 4.28. The normalized spacial score (nSPS) is 19.2. The molecule has 4 rings (SSSR count). The van der Waals surface area contributed by atoms with E-state index in [2.05, 4.69) is 16.1 Å². The first-order valence-electron chi connectivity index (χ1n) is 12.1. The number of hydrogen-bond donors (Lipinski definition) is 2. The maximum Gasteiger partial charge on any atom is 0.335 e. The Morgan fingerprint density at radius 2 is 2.06 bits per heavy atom. The van der Waals surface area contributed by atoms with Gasteiger partial charge in [-0.1, -0.05) is 23.8 Å². The van der Waals surface area contributed by atoms with Crippen LogP contribution in [0.3, 0.4) is 0 Å². The van der Waals surface area contributed by atoms with E-state index in [4.69, 9.17) is 4.74 Å². The minimum absolute atomic E-state index is 0.0412. The number of allylic oxidation sites excluding steroid dienone is 4. The molecule has 1 aromatic carbocycles. The van der Waals surface area contributed by atoms with Crippen LogP contribution in [0, 0.1) is 12.8 Å². The van der Waals surface area contributed by atoms with E-state index in [0.29, 0.717) is 12.2 Å². The molecule has 9 nitrogen and oxygen atoms in total. The summed E-state index contributed by atoms with van der Waals surface area (Å²) in [6, 6.07) is 4.72. The van der Waals surface area contributed by atoms with Crippen LogP contribution >= 0.6 is 0 Å². The number of carbonyl (C=O) groups is 1. The van der Waals surface area contributed by atoms with Crippen molar-refractivity contribution in [1.82, 2.24) is 14.1 Å². The molecule has 0 aliphatic heterocycles. The standard InChI is InChI=1S/C26H32N4O5/c1-16-7-9-19(10-8-16)15-29-24(28-25(33)30(26(29)34)18(3)14-23(31)32)27-20-11-12-22(17(2)13-20)35-21-5-4-6-21/h7-9,11-13,18-19,21H,4-6,10,14-15H2,1-3H3,(H,31,32)(H,27,28,33)/t18-,19?/m0/s1. The molecule has 186 valence electrons. The Hall–Kier alpha value is -3.62.